The summed E-state index contributed by atoms with van der Waals surface area (Å²) in [5.41, 5.74) is 0.384. The molecule has 98 valence electrons. The molecule has 5 nitrogen and oxygen atoms in total. The molecule has 0 N–H and O–H groups in total. The summed E-state index contributed by atoms with van der Waals surface area (Å²) < 4.78 is 4.72. The lowest BCUT2D eigenvalue weighted by Crippen LogP contribution is -2.10. The van der Waals surface area contributed by atoms with Crippen molar-refractivity contribution in [2.75, 3.05) is 6.61 Å². The first kappa shape index (κ1) is 14.9. The molecule has 1 rings (SSSR count). The summed E-state index contributed by atoms with van der Waals surface area (Å²) in [6.45, 7) is 2.01. The van der Waals surface area contributed by atoms with Crippen molar-refractivity contribution >= 4 is 35.0 Å². The molecule has 0 fully saturated rings. The number of carbonyl (C=O) groups is 2. The Morgan fingerprint density at radius 3 is 2.39 bits per heavy atom. The third kappa shape index (κ3) is 4.58. The first-order chi connectivity index (χ1) is 8.54. The Hall–Kier alpha value is -1.20. The zero-order valence-electron chi connectivity index (χ0n) is 9.78. The van der Waals surface area contributed by atoms with Crippen LogP contribution in [0.15, 0.2) is 6.33 Å². The number of esters is 1. The summed E-state index contributed by atoms with van der Waals surface area (Å²) in [7, 11) is 0. The second-order valence-corrected chi connectivity index (χ2v) is 4.17. The smallest absolute Gasteiger partial charge is 0.306 e. The maximum atomic E-state index is 11.6. The number of ketones is 1. The summed E-state index contributed by atoms with van der Waals surface area (Å²) in [6, 6.07) is 0. The summed E-state index contributed by atoms with van der Waals surface area (Å²) in [5.74, 6) is -0.561. The number of aromatic nitrogens is 2. The zero-order chi connectivity index (χ0) is 13.5. The van der Waals surface area contributed by atoms with E-state index in [4.69, 9.17) is 27.9 Å². The number of hydrogen-bond acceptors (Lipinski definition) is 5. The van der Waals surface area contributed by atoms with Gasteiger partial charge in [0.05, 0.1) is 13.0 Å². The fourth-order valence-electron chi connectivity index (χ4n) is 1.28. The number of hydrogen-bond donors (Lipinski definition) is 0. The molecule has 1 aromatic heterocycles. The van der Waals surface area contributed by atoms with Crippen molar-refractivity contribution in [1.29, 1.82) is 0 Å². The molecular formula is C11H12Cl2N2O3. The van der Waals surface area contributed by atoms with E-state index in [1.165, 1.54) is 6.33 Å². The van der Waals surface area contributed by atoms with Gasteiger partial charge < -0.3 is 4.74 Å². The normalized spacial score (nSPS) is 10.2. The van der Waals surface area contributed by atoms with Crippen LogP contribution in [0.5, 0.6) is 0 Å². The minimum absolute atomic E-state index is 0.0118. The zero-order valence-corrected chi connectivity index (χ0v) is 11.3. The Kier molecular flexibility index (Phi) is 6.01. The van der Waals surface area contributed by atoms with Gasteiger partial charge in [0.1, 0.15) is 22.4 Å². The molecule has 0 aliphatic heterocycles. The van der Waals surface area contributed by atoms with E-state index in [0.717, 1.165) is 0 Å². The highest BCUT2D eigenvalue weighted by Gasteiger charge is 2.14. The number of ether oxygens (including phenoxy) is 1. The van der Waals surface area contributed by atoms with E-state index < -0.39 is 5.97 Å². The van der Waals surface area contributed by atoms with Gasteiger partial charge in [0, 0.05) is 18.4 Å². The SMILES string of the molecule is CCOC(=O)CCC(=O)Cc1c(Cl)ncnc1Cl. The predicted molar refractivity (Wildman–Crippen MR) is 66.6 cm³/mol. The largest absolute Gasteiger partial charge is 0.466 e. The molecule has 1 aromatic rings. The van der Waals surface area contributed by atoms with Crippen LogP contribution >= 0.6 is 23.2 Å². The molecule has 0 saturated carbocycles. The highest BCUT2D eigenvalue weighted by atomic mass is 35.5. The number of carbonyl (C=O) groups excluding carboxylic acids is 2. The summed E-state index contributed by atoms with van der Waals surface area (Å²) in [4.78, 5) is 30.2. The predicted octanol–water partition coefficient (Wildman–Crippen LogP) is 2.24. The lowest BCUT2D eigenvalue weighted by atomic mass is 10.1. The molecule has 0 saturated heterocycles. The Morgan fingerprint density at radius 1 is 1.22 bits per heavy atom. The number of Topliss-reactive ketones (excluding diaryl/α,β-unsaturated/α-hetero) is 1. The van der Waals surface area contributed by atoms with Crippen molar-refractivity contribution in [3.05, 3.63) is 22.2 Å². The maximum Gasteiger partial charge on any atom is 0.306 e. The molecule has 1 heterocycles. The third-order valence-corrected chi connectivity index (χ3v) is 2.78. The van der Waals surface area contributed by atoms with Gasteiger partial charge >= 0.3 is 5.97 Å². The molecule has 0 atom stereocenters. The van der Waals surface area contributed by atoms with Crippen molar-refractivity contribution in [2.45, 2.75) is 26.2 Å². The molecule has 7 heteroatoms. The fourth-order valence-corrected chi connectivity index (χ4v) is 1.73. The van der Waals surface area contributed by atoms with Crippen LogP contribution in [0.3, 0.4) is 0 Å². The monoisotopic (exact) mass is 290 g/mol. The van der Waals surface area contributed by atoms with Gasteiger partial charge in [-0.05, 0) is 6.92 Å². The fraction of sp³-hybridized carbons (Fsp3) is 0.455. The van der Waals surface area contributed by atoms with Crippen molar-refractivity contribution in [3.63, 3.8) is 0 Å². The second kappa shape index (κ2) is 7.28. The first-order valence-electron chi connectivity index (χ1n) is 5.36. The molecule has 0 bridgehead atoms. The van der Waals surface area contributed by atoms with Crippen LogP contribution in [0.2, 0.25) is 10.3 Å². The lowest BCUT2D eigenvalue weighted by Gasteiger charge is -2.04. The van der Waals surface area contributed by atoms with Gasteiger partial charge in [-0.15, -0.1) is 0 Å². The van der Waals surface area contributed by atoms with Gasteiger partial charge in [0.25, 0.3) is 0 Å². The minimum Gasteiger partial charge on any atom is -0.466 e. The molecule has 0 aromatic carbocycles. The molecule has 0 aliphatic carbocycles. The van der Waals surface area contributed by atoms with Crippen molar-refractivity contribution < 1.29 is 14.3 Å². The van der Waals surface area contributed by atoms with Crippen LogP contribution in [-0.2, 0) is 20.7 Å². The van der Waals surface area contributed by atoms with Gasteiger partial charge in [-0.1, -0.05) is 23.2 Å². The average Bonchev–Trinajstić information content (AvgIpc) is 2.32. The van der Waals surface area contributed by atoms with Crippen molar-refractivity contribution in [2.24, 2.45) is 0 Å². The van der Waals surface area contributed by atoms with Gasteiger partial charge in [0.2, 0.25) is 0 Å². The molecule has 0 aliphatic rings. The summed E-state index contributed by atoms with van der Waals surface area (Å²) in [6.07, 6.45) is 1.37. The van der Waals surface area contributed by atoms with E-state index >= 15 is 0 Å². The number of nitrogens with zero attached hydrogens (tertiary/aromatic N) is 2. The molecule has 0 spiro atoms. The van der Waals surface area contributed by atoms with E-state index in [9.17, 15) is 9.59 Å². The van der Waals surface area contributed by atoms with Crippen LogP contribution in [0.25, 0.3) is 0 Å². The van der Waals surface area contributed by atoms with Crippen molar-refractivity contribution in [3.8, 4) is 0 Å². The maximum absolute atomic E-state index is 11.6. The topological polar surface area (TPSA) is 69.2 Å². The number of rotatable bonds is 6. The van der Waals surface area contributed by atoms with Crippen LogP contribution in [0, 0.1) is 0 Å². The highest BCUT2D eigenvalue weighted by Crippen LogP contribution is 2.20. The van der Waals surface area contributed by atoms with E-state index in [0.29, 0.717) is 12.2 Å². The Morgan fingerprint density at radius 2 is 1.83 bits per heavy atom. The van der Waals surface area contributed by atoms with Gasteiger partial charge in [0.15, 0.2) is 0 Å². The summed E-state index contributed by atoms with van der Waals surface area (Å²) in [5, 5.41) is 0.305. The third-order valence-electron chi connectivity index (χ3n) is 2.13. The molecule has 0 radical (unpaired) electrons. The van der Waals surface area contributed by atoms with Gasteiger partial charge in [-0.3, -0.25) is 9.59 Å². The Balaban J connectivity index is 2.52. The summed E-state index contributed by atoms with van der Waals surface area (Å²) >= 11 is 11.6. The Labute approximate surface area is 114 Å². The molecule has 0 unspecified atom stereocenters. The van der Waals surface area contributed by atoms with Crippen molar-refractivity contribution in [1.82, 2.24) is 9.97 Å². The molecule has 0 amide bonds. The quantitative estimate of drug-likeness (QED) is 0.594. The van der Waals surface area contributed by atoms with Crippen LogP contribution in [0.1, 0.15) is 25.3 Å². The molecule has 18 heavy (non-hydrogen) atoms. The van der Waals surface area contributed by atoms with E-state index in [1.807, 2.05) is 0 Å². The second-order valence-electron chi connectivity index (χ2n) is 3.45. The van der Waals surface area contributed by atoms with Crippen LogP contribution < -0.4 is 0 Å². The standard InChI is InChI=1S/C11H12Cl2N2O3/c1-2-18-9(17)4-3-7(16)5-8-10(12)14-6-15-11(8)13/h6H,2-5H2,1H3. The van der Waals surface area contributed by atoms with Gasteiger partial charge in [-0.2, -0.15) is 0 Å². The molecular weight excluding hydrogens is 279 g/mol. The van der Waals surface area contributed by atoms with E-state index in [-0.39, 0.29) is 35.4 Å². The van der Waals surface area contributed by atoms with Gasteiger partial charge in [-0.25, -0.2) is 9.97 Å². The first-order valence-corrected chi connectivity index (χ1v) is 6.12. The minimum atomic E-state index is -0.396. The van der Waals surface area contributed by atoms with E-state index in [1.54, 1.807) is 6.92 Å². The number of halogens is 2. The highest BCUT2D eigenvalue weighted by molar-refractivity contribution is 6.34. The van der Waals surface area contributed by atoms with Crippen LogP contribution in [-0.4, -0.2) is 28.3 Å². The average molecular weight is 291 g/mol. The Bertz CT molecular complexity index is 432. The lowest BCUT2D eigenvalue weighted by molar-refractivity contribution is -0.144. The van der Waals surface area contributed by atoms with Crippen LogP contribution in [0.4, 0.5) is 0 Å². The van der Waals surface area contributed by atoms with E-state index in [2.05, 4.69) is 9.97 Å².